The fraction of sp³-hybridized carbons (Fsp3) is 0.500. The summed E-state index contributed by atoms with van der Waals surface area (Å²) in [4.78, 5) is 4.15. The van der Waals surface area contributed by atoms with Gasteiger partial charge in [-0.2, -0.15) is 0 Å². The van der Waals surface area contributed by atoms with Gasteiger partial charge in [-0.1, -0.05) is 0 Å². The summed E-state index contributed by atoms with van der Waals surface area (Å²) in [6.07, 6.45) is 3.45. The number of pyridine rings is 1. The van der Waals surface area contributed by atoms with E-state index in [1.54, 1.807) is 13.3 Å². The highest BCUT2D eigenvalue weighted by Gasteiger charge is 1.94. The Kier molecular flexibility index (Phi) is 4.78. The lowest BCUT2D eigenvalue weighted by molar-refractivity contribution is 0.286. The second kappa shape index (κ2) is 6.21. The number of nitrogens with zero attached hydrogens (tertiary/aromatic N) is 1. The van der Waals surface area contributed by atoms with Gasteiger partial charge in [-0.05, 0) is 25.0 Å². The molecule has 0 aliphatic rings. The third-order valence-corrected chi connectivity index (χ3v) is 1.86. The topological polar surface area (TPSA) is 54.4 Å². The molecule has 0 atom stereocenters. The van der Waals surface area contributed by atoms with Crippen molar-refractivity contribution < 1.29 is 9.84 Å². The second-order valence-corrected chi connectivity index (χ2v) is 2.94. The molecule has 0 fully saturated rings. The summed E-state index contributed by atoms with van der Waals surface area (Å²) in [6, 6.07) is 3.74. The van der Waals surface area contributed by atoms with Crippen LogP contribution in [-0.4, -0.2) is 30.4 Å². The number of aliphatic hydroxyl groups is 1. The second-order valence-electron chi connectivity index (χ2n) is 2.94. The molecule has 1 heterocycles. The molecule has 4 heteroatoms. The van der Waals surface area contributed by atoms with Crippen LogP contribution < -0.4 is 10.1 Å². The first-order valence-corrected chi connectivity index (χ1v) is 4.71. The van der Waals surface area contributed by atoms with E-state index in [-0.39, 0.29) is 6.61 Å². The van der Waals surface area contributed by atoms with Gasteiger partial charge in [0.15, 0.2) is 0 Å². The number of hydrogen-bond donors (Lipinski definition) is 2. The van der Waals surface area contributed by atoms with Crippen molar-refractivity contribution in [3.8, 4) is 5.75 Å². The van der Waals surface area contributed by atoms with Crippen LogP contribution in [0.3, 0.4) is 0 Å². The molecular weight excluding hydrogens is 180 g/mol. The zero-order valence-electron chi connectivity index (χ0n) is 8.36. The predicted octanol–water partition coefficient (Wildman–Crippen LogP) is 1.27. The Morgan fingerprint density at radius 3 is 2.86 bits per heavy atom. The molecule has 0 unspecified atom stereocenters. The lowest BCUT2D eigenvalue weighted by Gasteiger charge is -2.05. The number of aromatic nitrogens is 1. The first kappa shape index (κ1) is 10.8. The standard InChI is InChI=1S/C10H16N2O2/c1-14-9-4-5-10(12-8-9)11-6-2-3-7-13/h4-5,8,13H,2-3,6-7H2,1H3,(H,11,12). The Balaban J connectivity index is 2.29. The van der Waals surface area contributed by atoms with Crippen molar-refractivity contribution >= 4 is 5.82 Å². The fourth-order valence-electron chi connectivity index (χ4n) is 1.06. The molecule has 0 spiro atoms. The first-order valence-electron chi connectivity index (χ1n) is 4.71. The minimum Gasteiger partial charge on any atom is -0.495 e. The van der Waals surface area contributed by atoms with E-state index in [0.717, 1.165) is 31.0 Å². The van der Waals surface area contributed by atoms with E-state index in [0.29, 0.717) is 0 Å². The van der Waals surface area contributed by atoms with Gasteiger partial charge < -0.3 is 15.2 Å². The Labute approximate surface area is 83.9 Å². The normalized spacial score (nSPS) is 9.86. The average Bonchev–Trinajstić information content (AvgIpc) is 2.25. The largest absolute Gasteiger partial charge is 0.495 e. The van der Waals surface area contributed by atoms with Crippen molar-refractivity contribution in [2.24, 2.45) is 0 Å². The molecule has 78 valence electrons. The maximum absolute atomic E-state index is 8.57. The Morgan fingerprint density at radius 2 is 2.29 bits per heavy atom. The third-order valence-electron chi connectivity index (χ3n) is 1.86. The maximum Gasteiger partial charge on any atom is 0.137 e. The zero-order chi connectivity index (χ0) is 10.2. The number of ether oxygens (including phenoxy) is 1. The smallest absolute Gasteiger partial charge is 0.137 e. The molecule has 0 aromatic carbocycles. The monoisotopic (exact) mass is 196 g/mol. The van der Waals surface area contributed by atoms with Crippen LogP contribution in [-0.2, 0) is 0 Å². The van der Waals surface area contributed by atoms with Crippen LogP contribution in [0.1, 0.15) is 12.8 Å². The van der Waals surface area contributed by atoms with E-state index in [4.69, 9.17) is 9.84 Å². The number of unbranched alkanes of at least 4 members (excludes halogenated alkanes) is 1. The summed E-state index contributed by atoms with van der Waals surface area (Å²) in [5.41, 5.74) is 0. The van der Waals surface area contributed by atoms with E-state index in [2.05, 4.69) is 10.3 Å². The van der Waals surface area contributed by atoms with E-state index >= 15 is 0 Å². The molecular formula is C10H16N2O2. The van der Waals surface area contributed by atoms with E-state index in [1.165, 1.54) is 0 Å². The van der Waals surface area contributed by atoms with Gasteiger partial charge in [0.05, 0.1) is 13.3 Å². The van der Waals surface area contributed by atoms with Crippen LogP contribution in [0.15, 0.2) is 18.3 Å². The molecule has 0 amide bonds. The molecule has 1 aromatic heterocycles. The van der Waals surface area contributed by atoms with Gasteiger partial charge in [-0.15, -0.1) is 0 Å². The van der Waals surface area contributed by atoms with Crippen LogP contribution in [0.25, 0.3) is 0 Å². The molecule has 0 bridgehead atoms. The summed E-state index contributed by atoms with van der Waals surface area (Å²) >= 11 is 0. The molecule has 14 heavy (non-hydrogen) atoms. The fourth-order valence-corrected chi connectivity index (χ4v) is 1.06. The minimum atomic E-state index is 0.248. The Bertz CT molecular complexity index is 249. The van der Waals surface area contributed by atoms with Crippen LogP contribution in [0.2, 0.25) is 0 Å². The van der Waals surface area contributed by atoms with Gasteiger partial charge in [-0.3, -0.25) is 0 Å². The molecule has 0 aliphatic carbocycles. The van der Waals surface area contributed by atoms with Crippen LogP contribution in [0, 0.1) is 0 Å². The molecule has 0 saturated carbocycles. The Morgan fingerprint density at radius 1 is 1.43 bits per heavy atom. The highest BCUT2D eigenvalue weighted by Crippen LogP contribution is 2.10. The summed E-state index contributed by atoms with van der Waals surface area (Å²) in [6.45, 7) is 1.08. The van der Waals surface area contributed by atoms with Crippen molar-refractivity contribution in [1.29, 1.82) is 0 Å². The first-order chi connectivity index (χ1) is 6.86. The number of aliphatic hydroxyl groups excluding tert-OH is 1. The van der Waals surface area contributed by atoms with Crippen molar-refractivity contribution in [3.63, 3.8) is 0 Å². The van der Waals surface area contributed by atoms with Gasteiger partial charge >= 0.3 is 0 Å². The van der Waals surface area contributed by atoms with Gasteiger partial charge in [0.25, 0.3) is 0 Å². The average molecular weight is 196 g/mol. The van der Waals surface area contributed by atoms with Gasteiger partial charge in [0.1, 0.15) is 11.6 Å². The van der Waals surface area contributed by atoms with Gasteiger partial charge in [0.2, 0.25) is 0 Å². The van der Waals surface area contributed by atoms with Crippen molar-refractivity contribution in [1.82, 2.24) is 4.98 Å². The molecule has 0 saturated heterocycles. The van der Waals surface area contributed by atoms with Gasteiger partial charge in [0, 0.05) is 13.2 Å². The summed E-state index contributed by atoms with van der Waals surface area (Å²) in [5, 5.41) is 11.7. The van der Waals surface area contributed by atoms with Crippen molar-refractivity contribution in [2.45, 2.75) is 12.8 Å². The molecule has 0 aliphatic heterocycles. The predicted molar refractivity (Wildman–Crippen MR) is 55.6 cm³/mol. The summed E-state index contributed by atoms with van der Waals surface area (Å²) in [7, 11) is 1.62. The third kappa shape index (κ3) is 3.62. The number of methoxy groups -OCH3 is 1. The number of anilines is 1. The lowest BCUT2D eigenvalue weighted by atomic mass is 10.3. The lowest BCUT2D eigenvalue weighted by Crippen LogP contribution is -2.03. The molecule has 1 aromatic rings. The molecule has 2 N–H and O–H groups in total. The van der Waals surface area contributed by atoms with Gasteiger partial charge in [-0.25, -0.2) is 4.98 Å². The highest BCUT2D eigenvalue weighted by molar-refractivity contribution is 5.37. The van der Waals surface area contributed by atoms with E-state index in [1.807, 2.05) is 12.1 Å². The SMILES string of the molecule is COc1ccc(NCCCCO)nc1. The minimum absolute atomic E-state index is 0.248. The number of rotatable bonds is 6. The summed E-state index contributed by atoms with van der Waals surface area (Å²) < 4.78 is 4.99. The van der Waals surface area contributed by atoms with Crippen molar-refractivity contribution in [3.05, 3.63) is 18.3 Å². The quantitative estimate of drug-likeness (QED) is 0.673. The summed E-state index contributed by atoms with van der Waals surface area (Å²) in [5.74, 6) is 1.59. The van der Waals surface area contributed by atoms with Crippen LogP contribution >= 0.6 is 0 Å². The van der Waals surface area contributed by atoms with E-state index < -0.39 is 0 Å². The molecule has 1 rings (SSSR count). The molecule has 4 nitrogen and oxygen atoms in total. The van der Waals surface area contributed by atoms with Crippen LogP contribution in [0.4, 0.5) is 5.82 Å². The number of hydrogen-bond acceptors (Lipinski definition) is 4. The van der Waals surface area contributed by atoms with E-state index in [9.17, 15) is 0 Å². The maximum atomic E-state index is 8.57. The molecule has 0 radical (unpaired) electrons. The zero-order valence-corrected chi connectivity index (χ0v) is 8.36. The number of nitrogens with one attached hydrogen (secondary N) is 1. The Hall–Kier alpha value is -1.29. The van der Waals surface area contributed by atoms with Crippen molar-refractivity contribution in [2.75, 3.05) is 25.6 Å². The highest BCUT2D eigenvalue weighted by atomic mass is 16.5. The van der Waals surface area contributed by atoms with Crippen LogP contribution in [0.5, 0.6) is 5.75 Å².